The van der Waals surface area contributed by atoms with Gasteiger partial charge in [-0.15, -0.1) is 11.3 Å². The molecule has 0 saturated carbocycles. The SMILES string of the molecule is Cc1ccc(Nc2nc(C(=O)N3CCN(Cc4ccccc4)CC3)cs2)c(C)c1. The predicted octanol–water partition coefficient (Wildman–Crippen LogP) is 4.46. The summed E-state index contributed by atoms with van der Waals surface area (Å²) in [6.45, 7) is 8.34. The van der Waals surface area contributed by atoms with Gasteiger partial charge in [-0.2, -0.15) is 0 Å². The summed E-state index contributed by atoms with van der Waals surface area (Å²) in [5.74, 6) is 0.0225. The molecular weight excluding hydrogens is 380 g/mol. The zero-order valence-corrected chi connectivity index (χ0v) is 17.7. The van der Waals surface area contributed by atoms with Gasteiger partial charge in [-0.1, -0.05) is 48.0 Å². The molecule has 1 saturated heterocycles. The van der Waals surface area contributed by atoms with E-state index in [4.69, 9.17) is 0 Å². The number of piperazine rings is 1. The van der Waals surface area contributed by atoms with Gasteiger partial charge in [-0.25, -0.2) is 4.98 Å². The molecule has 2 heterocycles. The molecule has 1 fully saturated rings. The molecule has 1 amide bonds. The number of thiazole rings is 1. The van der Waals surface area contributed by atoms with Gasteiger partial charge in [0.1, 0.15) is 5.69 Å². The minimum absolute atomic E-state index is 0.0225. The van der Waals surface area contributed by atoms with E-state index in [1.54, 1.807) is 0 Å². The zero-order valence-electron chi connectivity index (χ0n) is 16.9. The molecule has 0 atom stereocenters. The normalized spacial score (nSPS) is 14.8. The second kappa shape index (κ2) is 8.76. The molecule has 5 nitrogen and oxygen atoms in total. The summed E-state index contributed by atoms with van der Waals surface area (Å²) in [7, 11) is 0. The lowest BCUT2D eigenvalue weighted by Gasteiger charge is -2.34. The van der Waals surface area contributed by atoms with Gasteiger partial charge < -0.3 is 10.2 Å². The van der Waals surface area contributed by atoms with Crippen LogP contribution < -0.4 is 5.32 Å². The van der Waals surface area contributed by atoms with Crippen LogP contribution in [0.1, 0.15) is 27.2 Å². The molecule has 0 spiro atoms. The number of aromatic nitrogens is 1. The second-order valence-corrected chi connectivity index (χ2v) is 8.39. The first-order valence-corrected chi connectivity index (χ1v) is 10.8. The Morgan fingerprint density at radius 2 is 1.83 bits per heavy atom. The Kier molecular flexibility index (Phi) is 5.92. The van der Waals surface area contributed by atoms with Crippen molar-refractivity contribution < 1.29 is 4.79 Å². The van der Waals surface area contributed by atoms with Gasteiger partial charge in [-0.05, 0) is 31.0 Å². The molecule has 6 heteroatoms. The monoisotopic (exact) mass is 406 g/mol. The van der Waals surface area contributed by atoms with E-state index >= 15 is 0 Å². The lowest BCUT2D eigenvalue weighted by Crippen LogP contribution is -2.48. The molecule has 1 aliphatic heterocycles. The maximum absolute atomic E-state index is 12.9. The number of carbonyl (C=O) groups excluding carboxylic acids is 1. The highest BCUT2D eigenvalue weighted by Crippen LogP contribution is 2.25. The first-order chi connectivity index (χ1) is 14.1. The van der Waals surface area contributed by atoms with Crippen molar-refractivity contribution in [3.05, 3.63) is 76.3 Å². The number of nitrogens with zero attached hydrogens (tertiary/aromatic N) is 3. The van der Waals surface area contributed by atoms with Crippen molar-refractivity contribution in [1.29, 1.82) is 0 Å². The van der Waals surface area contributed by atoms with E-state index in [0.717, 1.165) is 43.5 Å². The van der Waals surface area contributed by atoms with Crippen LogP contribution in [0, 0.1) is 13.8 Å². The quantitative estimate of drug-likeness (QED) is 0.680. The predicted molar refractivity (Wildman–Crippen MR) is 119 cm³/mol. The lowest BCUT2D eigenvalue weighted by atomic mass is 10.1. The van der Waals surface area contributed by atoms with Gasteiger partial charge in [-0.3, -0.25) is 9.69 Å². The van der Waals surface area contributed by atoms with Crippen molar-refractivity contribution in [3.8, 4) is 0 Å². The Hall–Kier alpha value is -2.70. The maximum Gasteiger partial charge on any atom is 0.273 e. The Labute approximate surface area is 176 Å². The van der Waals surface area contributed by atoms with E-state index in [0.29, 0.717) is 5.69 Å². The number of aryl methyl sites for hydroxylation is 2. The fourth-order valence-electron chi connectivity index (χ4n) is 3.61. The van der Waals surface area contributed by atoms with Gasteiger partial charge in [0.05, 0.1) is 0 Å². The number of rotatable bonds is 5. The molecule has 0 unspecified atom stereocenters. The van der Waals surface area contributed by atoms with Crippen molar-refractivity contribution in [2.24, 2.45) is 0 Å². The number of anilines is 2. The number of hydrogen-bond acceptors (Lipinski definition) is 5. The fourth-order valence-corrected chi connectivity index (χ4v) is 4.31. The van der Waals surface area contributed by atoms with Gasteiger partial charge >= 0.3 is 0 Å². The molecule has 1 N–H and O–H groups in total. The van der Waals surface area contributed by atoms with E-state index in [1.807, 2.05) is 16.3 Å². The first-order valence-electron chi connectivity index (χ1n) is 9.94. The number of carbonyl (C=O) groups is 1. The Balaban J connectivity index is 1.33. The molecule has 0 bridgehead atoms. The van der Waals surface area contributed by atoms with Crippen LogP contribution in [-0.4, -0.2) is 46.9 Å². The Bertz CT molecular complexity index is 978. The fraction of sp³-hybridized carbons (Fsp3) is 0.304. The van der Waals surface area contributed by atoms with Crippen molar-refractivity contribution >= 4 is 28.1 Å². The van der Waals surface area contributed by atoms with Gasteiger partial charge in [0.2, 0.25) is 0 Å². The molecule has 3 aromatic rings. The largest absolute Gasteiger partial charge is 0.335 e. The number of hydrogen-bond donors (Lipinski definition) is 1. The Morgan fingerprint density at radius 1 is 1.07 bits per heavy atom. The lowest BCUT2D eigenvalue weighted by molar-refractivity contribution is 0.0623. The molecule has 1 aromatic heterocycles. The van der Waals surface area contributed by atoms with Crippen molar-refractivity contribution in [2.45, 2.75) is 20.4 Å². The molecule has 2 aromatic carbocycles. The number of amides is 1. The summed E-state index contributed by atoms with van der Waals surface area (Å²) >= 11 is 1.47. The molecule has 150 valence electrons. The van der Waals surface area contributed by atoms with Crippen LogP contribution in [0.5, 0.6) is 0 Å². The third kappa shape index (κ3) is 4.83. The molecule has 29 heavy (non-hydrogen) atoms. The highest BCUT2D eigenvalue weighted by Gasteiger charge is 2.24. The molecule has 0 radical (unpaired) electrons. The van der Waals surface area contributed by atoms with Gasteiger partial charge in [0.25, 0.3) is 5.91 Å². The molecular formula is C23H26N4OS. The number of nitrogens with one attached hydrogen (secondary N) is 1. The smallest absolute Gasteiger partial charge is 0.273 e. The highest BCUT2D eigenvalue weighted by molar-refractivity contribution is 7.14. The maximum atomic E-state index is 12.9. The van der Waals surface area contributed by atoms with Crippen LogP contribution in [0.2, 0.25) is 0 Å². The Morgan fingerprint density at radius 3 is 2.55 bits per heavy atom. The van der Waals surface area contributed by atoms with Crippen LogP contribution in [0.4, 0.5) is 10.8 Å². The summed E-state index contributed by atoms with van der Waals surface area (Å²) in [4.78, 5) is 21.7. The third-order valence-corrected chi connectivity index (χ3v) is 6.01. The van der Waals surface area contributed by atoms with Crippen molar-refractivity contribution in [2.75, 3.05) is 31.5 Å². The average Bonchev–Trinajstić information content (AvgIpc) is 3.20. The summed E-state index contributed by atoms with van der Waals surface area (Å²) < 4.78 is 0. The van der Waals surface area contributed by atoms with Crippen LogP contribution in [0.3, 0.4) is 0 Å². The van der Waals surface area contributed by atoms with E-state index in [2.05, 4.69) is 71.5 Å². The van der Waals surface area contributed by atoms with E-state index < -0.39 is 0 Å². The second-order valence-electron chi connectivity index (χ2n) is 7.54. The topological polar surface area (TPSA) is 48.5 Å². The molecule has 0 aliphatic carbocycles. The summed E-state index contributed by atoms with van der Waals surface area (Å²) in [5.41, 5.74) is 5.27. The molecule has 1 aliphatic rings. The van der Waals surface area contributed by atoms with Crippen LogP contribution in [0.25, 0.3) is 0 Å². The average molecular weight is 407 g/mol. The summed E-state index contributed by atoms with van der Waals surface area (Å²) in [6.07, 6.45) is 0. The molecule has 4 rings (SSSR count). The van der Waals surface area contributed by atoms with Gasteiger partial charge in [0, 0.05) is 43.8 Å². The minimum atomic E-state index is 0.0225. The first kappa shape index (κ1) is 19.6. The summed E-state index contributed by atoms with van der Waals surface area (Å²) in [6, 6.07) is 16.7. The van der Waals surface area contributed by atoms with Crippen LogP contribution in [-0.2, 0) is 6.54 Å². The van der Waals surface area contributed by atoms with Crippen molar-refractivity contribution in [1.82, 2.24) is 14.8 Å². The van der Waals surface area contributed by atoms with E-state index in [1.165, 1.54) is 28.0 Å². The van der Waals surface area contributed by atoms with E-state index in [9.17, 15) is 4.79 Å². The third-order valence-electron chi connectivity index (χ3n) is 5.26. The summed E-state index contributed by atoms with van der Waals surface area (Å²) in [5, 5.41) is 5.94. The van der Waals surface area contributed by atoms with Crippen molar-refractivity contribution in [3.63, 3.8) is 0 Å². The van der Waals surface area contributed by atoms with Crippen LogP contribution in [0.15, 0.2) is 53.9 Å². The highest BCUT2D eigenvalue weighted by atomic mass is 32.1. The zero-order chi connectivity index (χ0) is 20.2. The standard InChI is InChI=1S/C23H26N4OS/c1-17-8-9-20(18(2)14-17)24-23-25-21(16-29-23)22(28)27-12-10-26(11-13-27)15-19-6-4-3-5-7-19/h3-9,14,16H,10-13,15H2,1-2H3,(H,24,25). The van der Waals surface area contributed by atoms with E-state index in [-0.39, 0.29) is 5.91 Å². The van der Waals surface area contributed by atoms with Gasteiger partial charge in [0.15, 0.2) is 5.13 Å². The minimum Gasteiger partial charge on any atom is -0.335 e. The number of benzene rings is 2. The van der Waals surface area contributed by atoms with Crippen LogP contribution >= 0.6 is 11.3 Å².